The van der Waals surface area contributed by atoms with Gasteiger partial charge in [0.2, 0.25) is 0 Å². The van der Waals surface area contributed by atoms with Crippen LogP contribution >= 0.6 is 0 Å². The molecule has 0 aromatic rings. The van der Waals surface area contributed by atoms with Crippen molar-refractivity contribution in [2.45, 2.75) is 316 Å². The highest BCUT2D eigenvalue weighted by atomic mass is 16.6. The van der Waals surface area contributed by atoms with Gasteiger partial charge in [0.05, 0.1) is 0 Å². The molecule has 0 aliphatic heterocycles. The summed E-state index contributed by atoms with van der Waals surface area (Å²) in [6.07, 6.45) is 93.5. The van der Waals surface area contributed by atoms with Crippen molar-refractivity contribution in [3.63, 3.8) is 0 Å². The van der Waals surface area contributed by atoms with E-state index in [4.69, 9.17) is 14.2 Å². The molecule has 0 amide bonds. The Bertz CT molecular complexity index is 1650. The van der Waals surface area contributed by atoms with Crippen molar-refractivity contribution in [1.29, 1.82) is 0 Å². The van der Waals surface area contributed by atoms with Crippen LogP contribution in [0.4, 0.5) is 0 Å². The van der Waals surface area contributed by atoms with E-state index < -0.39 is 6.10 Å². The predicted molar refractivity (Wildman–Crippen MR) is 348 cm³/mol. The van der Waals surface area contributed by atoms with E-state index >= 15 is 0 Å². The normalized spacial score (nSPS) is 12.9. The van der Waals surface area contributed by atoms with Crippen molar-refractivity contribution < 1.29 is 28.6 Å². The first-order valence-electron chi connectivity index (χ1n) is 33.5. The van der Waals surface area contributed by atoms with Gasteiger partial charge in [-0.1, -0.05) is 284 Å². The van der Waals surface area contributed by atoms with Crippen LogP contribution in [-0.4, -0.2) is 37.2 Å². The van der Waals surface area contributed by atoms with Crippen LogP contribution in [-0.2, 0) is 28.6 Å². The molecule has 456 valence electrons. The highest BCUT2D eigenvalue weighted by Crippen LogP contribution is 2.16. The lowest BCUT2D eigenvalue weighted by atomic mass is 10.0. The van der Waals surface area contributed by atoms with Crippen LogP contribution in [0.15, 0.2) is 122 Å². The highest BCUT2D eigenvalue weighted by Gasteiger charge is 2.19. The minimum Gasteiger partial charge on any atom is -0.462 e. The molecule has 0 radical (unpaired) electrons. The Morgan fingerprint density at radius 3 is 0.762 bits per heavy atom. The van der Waals surface area contributed by atoms with Gasteiger partial charge in [0.1, 0.15) is 13.2 Å². The minimum atomic E-state index is -0.796. The number of esters is 3. The number of unbranched alkanes of at least 4 members (excludes halogenated alkanes) is 29. The zero-order valence-corrected chi connectivity index (χ0v) is 52.3. The van der Waals surface area contributed by atoms with E-state index in [9.17, 15) is 14.4 Å². The molecule has 0 saturated heterocycles. The van der Waals surface area contributed by atoms with Crippen LogP contribution < -0.4 is 0 Å². The molecule has 0 saturated carbocycles. The Labute approximate surface area is 494 Å². The summed E-state index contributed by atoms with van der Waals surface area (Å²) in [6, 6.07) is 0. The molecular formula is C74H124O6. The number of allylic oxidation sites excluding steroid dienone is 20. The molecule has 0 bridgehead atoms. The smallest absolute Gasteiger partial charge is 0.306 e. The van der Waals surface area contributed by atoms with Gasteiger partial charge in [-0.25, -0.2) is 0 Å². The molecule has 1 unspecified atom stereocenters. The van der Waals surface area contributed by atoms with Crippen LogP contribution in [0.3, 0.4) is 0 Å². The lowest BCUT2D eigenvalue weighted by Gasteiger charge is -2.18. The van der Waals surface area contributed by atoms with Crippen molar-refractivity contribution in [1.82, 2.24) is 0 Å². The molecular weight excluding hydrogens is 985 g/mol. The highest BCUT2D eigenvalue weighted by molar-refractivity contribution is 5.71. The topological polar surface area (TPSA) is 78.9 Å². The van der Waals surface area contributed by atoms with Crippen LogP contribution in [0.5, 0.6) is 0 Å². The second-order valence-corrected chi connectivity index (χ2v) is 22.0. The molecule has 0 aliphatic rings. The number of carbonyl (C=O) groups is 3. The van der Waals surface area contributed by atoms with Crippen LogP contribution in [0.1, 0.15) is 310 Å². The Kier molecular flexibility index (Phi) is 63.8. The Balaban J connectivity index is 4.36. The summed E-state index contributed by atoms with van der Waals surface area (Å²) >= 11 is 0. The molecule has 6 nitrogen and oxygen atoms in total. The summed E-state index contributed by atoms with van der Waals surface area (Å²) in [6.45, 7) is 6.40. The Morgan fingerprint density at radius 2 is 0.487 bits per heavy atom. The fourth-order valence-electron chi connectivity index (χ4n) is 9.22. The molecule has 0 aromatic carbocycles. The fourth-order valence-corrected chi connectivity index (χ4v) is 9.22. The maximum absolute atomic E-state index is 12.9. The number of hydrogen-bond donors (Lipinski definition) is 0. The van der Waals surface area contributed by atoms with Crippen molar-refractivity contribution >= 4 is 17.9 Å². The Hall–Kier alpha value is -4.19. The van der Waals surface area contributed by atoms with Crippen molar-refractivity contribution in [2.75, 3.05) is 13.2 Å². The first-order chi connectivity index (χ1) is 39.5. The summed E-state index contributed by atoms with van der Waals surface area (Å²) in [5.74, 6) is -0.910. The molecule has 80 heavy (non-hydrogen) atoms. The van der Waals surface area contributed by atoms with E-state index in [0.29, 0.717) is 19.3 Å². The SMILES string of the molecule is CC/C=C\C/C=C\C/C=C\C/C=C\CCCCCCCCCCCCCCCCC(=O)OCC(COC(=O)CCCCCCC/C=C\C/C=C\CCCCCC)OC(=O)CCCCCCCC/C=C\C/C=C\C/C=C\C/C=C\CC. The second kappa shape index (κ2) is 67.3. The van der Waals surface area contributed by atoms with Crippen molar-refractivity contribution in [3.8, 4) is 0 Å². The molecule has 1 atom stereocenters. The molecule has 0 heterocycles. The van der Waals surface area contributed by atoms with Crippen LogP contribution in [0.2, 0.25) is 0 Å². The van der Waals surface area contributed by atoms with Gasteiger partial charge in [-0.05, 0) is 128 Å². The van der Waals surface area contributed by atoms with E-state index in [0.717, 1.165) is 148 Å². The van der Waals surface area contributed by atoms with Gasteiger partial charge in [-0.15, -0.1) is 0 Å². The van der Waals surface area contributed by atoms with Crippen LogP contribution in [0.25, 0.3) is 0 Å². The summed E-state index contributed by atoms with van der Waals surface area (Å²) in [4.78, 5) is 38.4. The number of rotatable bonds is 60. The van der Waals surface area contributed by atoms with Gasteiger partial charge in [-0.2, -0.15) is 0 Å². The number of ether oxygens (including phenoxy) is 3. The van der Waals surface area contributed by atoms with Gasteiger partial charge in [0.15, 0.2) is 6.10 Å². The molecule has 6 heteroatoms. The third-order valence-corrected chi connectivity index (χ3v) is 14.2. The molecule has 0 fully saturated rings. The largest absolute Gasteiger partial charge is 0.462 e. The quantitative estimate of drug-likeness (QED) is 0.0261. The lowest BCUT2D eigenvalue weighted by molar-refractivity contribution is -0.167. The third kappa shape index (κ3) is 64.6. The maximum atomic E-state index is 12.9. The number of carbonyl (C=O) groups excluding carboxylic acids is 3. The predicted octanol–water partition coefficient (Wildman–Crippen LogP) is 23.2. The van der Waals surface area contributed by atoms with E-state index in [1.54, 1.807) is 0 Å². The maximum Gasteiger partial charge on any atom is 0.306 e. The fraction of sp³-hybridized carbons (Fsp3) is 0.689. The Morgan fingerprint density at radius 1 is 0.263 bits per heavy atom. The first-order valence-corrected chi connectivity index (χ1v) is 33.5. The van der Waals surface area contributed by atoms with E-state index in [1.165, 1.54) is 122 Å². The van der Waals surface area contributed by atoms with Crippen molar-refractivity contribution in [2.24, 2.45) is 0 Å². The second-order valence-electron chi connectivity index (χ2n) is 22.0. The third-order valence-electron chi connectivity index (χ3n) is 14.2. The molecule has 0 rings (SSSR count). The average molecular weight is 1110 g/mol. The molecule has 0 aromatic heterocycles. The summed E-state index contributed by atoms with van der Waals surface area (Å²) in [5, 5.41) is 0. The van der Waals surface area contributed by atoms with Crippen molar-refractivity contribution in [3.05, 3.63) is 122 Å². The van der Waals surface area contributed by atoms with E-state index in [-0.39, 0.29) is 31.1 Å². The monoisotopic (exact) mass is 1110 g/mol. The summed E-state index contributed by atoms with van der Waals surface area (Å²) in [7, 11) is 0. The van der Waals surface area contributed by atoms with Gasteiger partial charge >= 0.3 is 17.9 Å². The van der Waals surface area contributed by atoms with Gasteiger partial charge in [0.25, 0.3) is 0 Å². The lowest BCUT2D eigenvalue weighted by Crippen LogP contribution is -2.30. The summed E-state index contributed by atoms with van der Waals surface area (Å²) in [5.41, 5.74) is 0. The standard InChI is InChI=1S/C74H124O6/c1-4-7-10-13-16-19-22-25-28-31-33-34-35-36-37-38-39-40-42-43-46-49-52-55-58-61-64-67-73(76)79-70-71(69-78-72(75)66-63-60-57-54-51-48-45-30-27-24-21-18-15-12-9-6-3)80-74(77)68-65-62-59-56-53-50-47-44-41-32-29-26-23-20-17-14-11-8-5-2/h7-8,10-11,16-17,19-21,24-26,28-30,33-34,41,44-45,71H,4-6,9,12-15,18,22-23,27,31-32,35-40,42-43,46-70H2,1-3H3/b10-7-,11-8-,19-16-,20-17-,24-21-,28-25-,29-26-,34-33-,44-41-,45-30-. The van der Waals surface area contributed by atoms with Gasteiger partial charge in [0, 0.05) is 19.3 Å². The van der Waals surface area contributed by atoms with E-state index in [2.05, 4.69) is 142 Å². The molecule has 0 spiro atoms. The summed E-state index contributed by atoms with van der Waals surface area (Å²) < 4.78 is 16.9. The van der Waals surface area contributed by atoms with Gasteiger partial charge < -0.3 is 14.2 Å². The van der Waals surface area contributed by atoms with Crippen LogP contribution in [0, 0.1) is 0 Å². The first kappa shape index (κ1) is 75.8. The minimum absolute atomic E-state index is 0.0897. The molecule has 0 N–H and O–H groups in total. The van der Waals surface area contributed by atoms with Gasteiger partial charge in [-0.3, -0.25) is 14.4 Å². The zero-order valence-electron chi connectivity index (χ0n) is 52.3. The average Bonchev–Trinajstić information content (AvgIpc) is 3.46. The number of hydrogen-bond acceptors (Lipinski definition) is 6. The zero-order chi connectivity index (χ0) is 57.8. The van der Waals surface area contributed by atoms with E-state index in [1.807, 2.05) is 0 Å². The molecule has 0 aliphatic carbocycles.